The molecule has 2 aliphatic carbocycles. The van der Waals surface area contributed by atoms with Crippen molar-refractivity contribution in [3.8, 4) is 0 Å². The van der Waals surface area contributed by atoms with Crippen LogP contribution < -0.4 is 11.1 Å². The maximum Gasteiger partial charge on any atom is 0.220 e. The smallest absolute Gasteiger partial charge is 0.220 e. The fourth-order valence-corrected chi connectivity index (χ4v) is 4.04. The predicted octanol–water partition coefficient (Wildman–Crippen LogP) is 3.61. The van der Waals surface area contributed by atoms with Gasteiger partial charge in [0.05, 0.1) is 16.1 Å². The Morgan fingerprint density at radius 2 is 2.10 bits per heavy atom. The molecule has 0 saturated heterocycles. The standard InChI is InChI=1S/C16H20Cl2N2O/c17-12-6-4-10-11(16(12)18)5-7-14(10)20-15(21)8-9-2-1-3-13(9)19/h4,6,9,13-14H,1-3,5,7-8,19H2,(H,20,21)/t9-,13+,14?/m0/s1. The van der Waals surface area contributed by atoms with Crippen LogP contribution in [0.4, 0.5) is 0 Å². The summed E-state index contributed by atoms with van der Waals surface area (Å²) in [5.74, 6) is 0.431. The molecular weight excluding hydrogens is 307 g/mol. The van der Waals surface area contributed by atoms with Gasteiger partial charge in [0.1, 0.15) is 0 Å². The van der Waals surface area contributed by atoms with Gasteiger partial charge in [-0.15, -0.1) is 0 Å². The first-order valence-corrected chi connectivity index (χ1v) is 8.33. The van der Waals surface area contributed by atoms with Crippen LogP contribution in [0.1, 0.15) is 49.3 Å². The van der Waals surface area contributed by atoms with Crippen molar-refractivity contribution >= 4 is 29.1 Å². The Balaban J connectivity index is 1.65. The topological polar surface area (TPSA) is 55.1 Å². The first-order valence-electron chi connectivity index (χ1n) is 7.58. The molecule has 0 radical (unpaired) electrons. The summed E-state index contributed by atoms with van der Waals surface area (Å²) in [5.41, 5.74) is 8.22. The van der Waals surface area contributed by atoms with Crippen LogP contribution in [0, 0.1) is 5.92 Å². The Bertz CT molecular complexity index is 561. The molecule has 1 aromatic carbocycles. The molecule has 1 saturated carbocycles. The number of amides is 1. The lowest BCUT2D eigenvalue weighted by Crippen LogP contribution is -2.33. The summed E-state index contributed by atoms with van der Waals surface area (Å²) >= 11 is 12.3. The Kier molecular flexibility index (Phi) is 4.43. The summed E-state index contributed by atoms with van der Waals surface area (Å²) in [6.07, 6.45) is 5.53. The Morgan fingerprint density at radius 1 is 1.29 bits per heavy atom. The summed E-state index contributed by atoms with van der Waals surface area (Å²) in [5, 5.41) is 4.34. The molecule has 1 amide bonds. The average molecular weight is 327 g/mol. The Labute approximate surface area is 135 Å². The van der Waals surface area contributed by atoms with Crippen molar-refractivity contribution in [3.05, 3.63) is 33.3 Å². The van der Waals surface area contributed by atoms with Crippen molar-refractivity contribution in [1.29, 1.82) is 0 Å². The highest BCUT2D eigenvalue weighted by Gasteiger charge is 2.29. The second kappa shape index (κ2) is 6.15. The quantitative estimate of drug-likeness (QED) is 0.891. The van der Waals surface area contributed by atoms with Gasteiger partial charge in [0, 0.05) is 12.5 Å². The molecule has 3 N–H and O–H groups in total. The molecule has 0 aromatic heterocycles. The van der Waals surface area contributed by atoms with Crippen LogP contribution in [0.25, 0.3) is 0 Å². The van der Waals surface area contributed by atoms with Crippen LogP contribution in [-0.2, 0) is 11.2 Å². The molecule has 114 valence electrons. The first kappa shape index (κ1) is 15.1. The summed E-state index contributed by atoms with van der Waals surface area (Å²) in [6, 6.07) is 4.02. The molecule has 3 rings (SSSR count). The van der Waals surface area contributed by atoms with Crippen LogP contribution in [0.5, 0.6) is 0 Å². The van der Waals surface area contributed by atoms with Crippen LogP contribution in [0.2, 0.25) is 10.0 Å². The highest BCUT2D eigenvalue weighted by Crippen LogP contribution is 2.39. The van der Waals surface area contributed by atoms with Gasteiger partial charge in [0.25, 0.3) is 0 Å². The maximum atomic E-state index is 12.2. The molecule has 2 aliphatic rings. The lowest BCUT2D eigenvalue weighted by molar-refractivity contribution is -0.122. The minimum Gasteiger partial charge on any atom is -0.349 e. The van der Waals surface area contributed by atoms with Gasteiger partial charge in [-0.3, -0.25) is 4.79 Å². The summed E-state index contributed by atoms with van der Waals surface area (Å²) in [7, 11) is 0. The SMILES string of the molecule is N[C@@H]1CCC[C@H]1CC(=O)NC1CCc2c1ccc(Cl)c2Cl. The molecule has 0 heterocycles. The number of carbonyl (C=O) groups excluding carboxylic acids is 1. The van der Waals surface area contributed by atoms with Gasteiger partial charge in [0.15, 0.2) is 0 Å². The van der Waals surface area contributed by atoms with Crippen LogP contribution in [0.3, 0.4) is 0 Å². The van der Waals surface area contributed by atoms with Gasteiger partial charge in [-0.2, -0.15) is 0 Å². The number of nitrogens with two attached hydrogens (primary N) is 1. The van der Waals surface area contributed by atoms with Crippen molar-refractivity contribution in [2.45, 2.75) is 50.6 Å². The van der Waals surface area contributed by atoms with Crippen LogP contribution in [-0.4, -0.2) is 11.9 Å². The predicted molar refractivity (Wildman–Crippen MR) is 85.6 cm³/mol. The lowest BCUT2D eigenvalue weighted by Gasteiger charge is -2.18. The van der Waals surface area contributed by atoms with Gasteiger partial charge in [-0.05, 0) is 48.8 Å². The van der Waals surface area contributed by atoms with Gasteiger partial charge in [-0.1, -0.05) is 35.7 Å². The molecule has 1 unspecified atom stereocenters. The van der Waals surface area contributed by atoms with E-state index < -0.39 is 0 Å². The number of fused-ring (bicyclic) bond motifs is 1. The molecule has 3 atom stereocenters. The van der Waals surface area contributed by atoms with Gasteiger partial charge in [-0.25, -0.2) is 0 Å². The van der Waals surface area contributed by atoms with E-state index in [4.69, 9.17) is 28.9 Å². The highest BCUT2D eigenvalue weighted by atomic mass is 35.5. The third kappa shape index (κ3) is 3.05. The van der Waals surface area contributed by atoms with E-state index >= 15 is 0 Å². The molecule has 5 heteroatoms. The van der Waals surface area contributed by atoms with Gasteiger partial charge < -0.3 is 11.1 Å². The zero-order chi connectivity index (χ0) is 15.0. The number of benzene rings is 1. The molecular formula is C16H20Cl2N2O. The molecule has 0 spiro atoms. The second-order valence-corrected chi connectivity index (χ2v) is 6.93. The van der Waals surface area contributed by atoms with E-state index in [9.17, 15) is 4.79 Å². The number of halogens is 2. The minimum atomic E-state index is 0.0555. The number of rotatable bonds is 3. The largest absolute Gasteiger partial charge is 0.349 e. The maximum absolute atomic E-state index is 12.2. The van der Waals surface area contributed by atoms with Crippen molar-refractivity contribution in [1.82, 2.24) is 5.32 Å². The van der Waals surface area contributed by atoms with Crippen molar-refractivity contribution in [2.75, 3.05) is 0 Å². The summed E-state index contributed by atoms with van der Waals surface area (Å²) in [4.78, 5) is 12.2. The number of carbonyl (C=O) groups is 1. The Hall–Kier alpha value is -0.770. The van der Waals surface area contributed by atoms with E-state index in [0.29, 0.717) is 22.4 Å². The van der Waals surface area contributed by atoms with Gasteiger partial charge >= 0.3 is 0 Å². The van der Waals surface area contributed by atoms with E-state index in [1.165, 1.54) is 0 Å². The molecule has 0 aliphatic heterocycles. The van der Waals surface area contributed by atoms with Crippen molar-refractivity contribution in [3.63, 3.8) is 0 Å². The lowest BCUT2D eigenvalue weighted by atomic mass is 9.99. The molecule has 21 heavy (non-hydrogen) atoms. The number of hydrogen-bond donors (Lipinski definition) is 2. The fourth-order valence-electron chi connectivity index (χ4n) is 3.59. The van der Waals surface area contributed by atoms with E-state index in [1.54, 1.807) is 6.07 Å². The molecule has 0 bridgehead atoms. The zero-order valence-corrected chi connectivity index (χ0v) is 13.4. The van der Waals surface area contributed by atoms with Gasteiger partial charge in [0.2, 0.25) is 5.91 Å². The summed E-state index contributed by atoms with van der Waals surface area (Å²) in [6.45, 7) is 0. The molecule has 3 nitrogen and oxygen atoms in total. The average Bonchev–Trinajstić information content (AvgIpc) is 3.02. The van der Waals surface area contributed by atoms with E-state index in [1.807, 2.05) is 6.07 Å². The van der Waals surface area contributed by atoms with Crippen LogP contribution in [0.15, 0.2) is 12.1 Å². The highest BCUT2D eigenvalue weighted by molar-refractivity contribution is 6.42. The van der Waals surface area contributed by atoms with E-state index in [0.717, 1.165) is 43.2 Å². The van der Waals surface area contributed by atoms with E-state index in [2.05, 4.69) is 5.32 Å². The van der Waals surface area contributed by atoms with Crippen molar-refractivity contribution in [2.24, 2.45) is 11.7 Å². The minimum absolute atomic E-state index is 0.0555. The number of nitrogens with one attached hydrogen (secondary N) is 1. The molecule has 1 aromatic rings. The fraction of sp³-hybridized carbons (Fsp3) is 0.562. The summed E-state index contributed by atoms with van der Waals surface area (Å²) < 4.78 is 0. The third-order valence-corrected chi connectivity index (χ3v) is 5.63. The Morgan fingerprint density at radius 3 is 2.81 bits per heavy atom. The van der Waals surface area contributed by atoms with Crippen molar-refractivity contribution < 1.29 is 4.79 Å². The third-order valence-electron chi connectivity index (χ3n) is 4.79. The zero-order valence-electron chi connectivity index (χ0n) is 11.9. The number of hydrogen-bond acceptors (Lipinski definition) is 2. The van der Waals surface area contributed by atoms with E-state index in [-0.39, 0.29) is 18.0 Å². The second-order valence-electron chi connectivity index (χ2n) is 6.15. The normalized spacial score (nSPS) is 27.7. The van der Waals surface area contributed by atoms with Crippen LogP contribution >= 0.6 is 23.2 Å². The monoisotopic (exact) mass is 326 g/mol. The first-order chi connectivity index (χ1) is 10.1. The molecule has 1 fully saturated rings.